The van der Waals surface area contributed by atoms with Crippen molar-refractivity contribution >= 4 is 11.8 Å². The van der Waals surface area contributed by atoms with Gasteiger partial charge in [0.2, 0.25) is 0 Å². The molecule has 2 atom stereocenters. The number of fused-ring (bicyclic) bond motifs is 2. The van der Waals surface area contributed by atoms with Crippen molar-refractivity contribution in [1.29, 1.82) is 0 Å². The molecule has 6 heterocycles. The molecule has 32 heavy (non-hydrogen) atoms. The monoisotopic (exact) mass is 434 g/mol. The minimum Gasteiger partial charge on any atom is -0.392 e. The fourth-order valence-corrected chi connectivity index (χ4v) is 4.61. The summed E-state index contributed by atoms with van der Waals surface area (Å²) < 4.78 is 9.76. The lowest BCUT2D eigenvalue weighted by atomic mass is 10.1. The molecular weight excluding hydrogens is 408 g/mol. The van der Waals surface area contributed by atoms with Crippen LogP contribution in [0.25, 0.3) is 11.8 Å². The van der Waals surface area contributed by atoms with Crippen molar-refractivity contribution in [2.75, 3.05) is 19.8 Å². The normalized spacial score (nSPS) is 24.2. The van der Waals surface area contributed by atoms with Crippen molar-refractivity contribution in [3.05, 3.63) is 64.5 Å². The van der Waals surface area contributed by atoms with E-state index in [4.69, 9.17) is 4.74 Å². The van der Waals surface area contributed by atoms with Crippen molar-refractivity contribution in [1.82, 2.24) is 40.3 Å². The lowest BCUT2D eigenvalue weighted by molar-refractivity contribution is -0.0413. The number of allylic oxidation sites excluding steroid dienone is 1. The molecule has 0 aliphatic carbocycles. The summed E-state index contributed by atoms with van der Waals surface area (Å²) in [7, 11) is 0. The van der Waals surface area contributed by atoms with Crippen LogP contribution in [0.4, 0.5) is 0 Å². The average molecular weight is 435 g/mol. The van der Waals surface area contributed by atoms with Gasteiger partial charge in [0.15, 0.2) is 6.23 Å². The van der Waals surface area contributed by atoms with Gasteiger partial charge in [0.1, 0.15) is 11.9 Å². The molecule has 166 valence electrons. The second-order valence-electron chi connectivity index (χ2n) is 8.43. The molecular formula is C22H26N8O2. The molecule has 2 unspecified atom stereocenters. The summed E-state index contributed by atoms with van der Waals surface area (Å²) in [5, 5.41) is 31.7. The fourth-order valence-electron chi connectivity index (χ4n) is 4.61. The first-order chi connectivity index (χ1) is 15.8. The fraction of sp³-hybridized carbons (Fsp3) is 0.409. The summed E-state index contributed by atoms with van der Waals surface area (Å²) in [4.78, 5) is 2.06. The Morgan fingerprint density at radius 3 is 3.09 bits per heavy atom. The van der Waals surface area contributed by atoms with Crippen molar-refractivity contribution in [2.24, 2.45) is 0 Å². The number of hydrogen-bond donors (Lipinski definition) is 3. The maximum absolute atomic E-state index is 9.35. The molecule has 0 spiro atoms. The zero-order valence-corrected chi connectivity index (χ0v) is 17.7. The zero-order valence-electron chi connectivity index (χ0n) is 17.7. The molecule has 10 nitrogen and oxygen atoms in total. The molecule has 1 saturated heterocycles. The van der Waals surface area contributed by atoms with Crippen LogP contribution in [0.1, 0.15) is 31.2 Å². The Kier molecular flexibility index (Phi) is 4.80. The molecule has 6 rings (SSSR count). The van der Waals surface area contributed by atoms with Crippen molar-refractivity contribution in [2.45, 2.75) is 38.2 Å². The summed E-state index contributed by atoms with van der Waals surface area (Å²) in [6, 6.07) is 0. The van der Waals surface area contributed by atoms with E-state index in [1.165, 1.54) is 0 Å². The van der Waals surface area contributed by atoms with Gasteiger partial charge in [0.25, 0.3) is 0 Å². The Labute approximate surface area is 184 Å². The van der Waals surface area contributed by atoms with Crippen LogP contribution in [0.2, 0.25) is 0 Å². The first kappa shape index (κ1) is 19.3. The van der Waals surface area contributed by atoms with Gasteiger partial charge in [-0.15, -0.1) is 5.10 Å². The number of nitrogens with zero attached hydrogens (tertiary/aromatic N) is 6. The topological polar surface area (TPSA) is 105 Å². The van der Waals surface area contributed by atoms with Gasteiger partial charge in [-0.25, -0.2) is 9.36 Å². The second kappa shape index (κ2) is 7.95. The summed E-state index contributed by atoms with van der Waals surface area (Å²) in [5.74, 6) is 0. The van der Waals surface area contributed by atoms with Crippen LogP contribution in [-0.2, 0) is 11.3 Å². The smallest absolute Gasteiger partial charge is 0.150 e. The predicted octanol–water partition coefficient (Wildman–Crippen LogP) is -0.767. The molecule has 2 aromatic rings. The highest BCUT2D eigenvalue weighted by atomic mass is 16.5. The van der Waals surface area contributed by atoms with Gasteiger partial charge in [0, 0.05) is 42.5 Å². The third kappa shape index (κ3) is 3.41. The number of aliphatic hydroxyl groups is 1. The predicted molar refractivity (Wildman–Crippen MR) is 116 cm³/mol. The van der Waals surface area contributed by atoms with E-state index in [2.05, 4.69) is 30.9 Å². The largest absolute Gasteiger partial charge is 0.392 e. The number of ether oxygens (including phenoxy) is 1. The molecule has 10 heteroatoms. The van der Waals surface area contributed by atoms with Crippen LogP contribution < -0.4 is 21.2 Å². The van der Waals surface area contributed by atoms with Gasteiger partial charge in [-0.05, 0) is 30.9 Å². The summed E-state index contributed by atoms with van der Waals surface area (Å²) in [6.45, 7) is 2.09. The Morgan fingerprint density at radius 1 is 1.25 bits per heavy atom. The molecule has 4 aliphatic rings. The van der Waals surface area contributed by atoms with E-state index in [1.54, 1.807) is 0 Å². The minimum atomic E-state index is -0.00561. The Balaban J connectivity index is 1.25. The maximum Gasteiger partial charge on any atom is 0.150 e. The molecule has 0 saturated carbocycles. The van der Waals surface area contributed by atoms with Crippen LogP contribution in [0, 0.1) is 0 Å². The first-order valence-electron chi connectivity index (χ1n) is 11.1. The molecule has 3 N–H and O–H groups in total. The van der Waals surface area contributed by atoms with E-state index in [0.717, 1.165) is 59.0 Å². The lowest BCUT2D eigenvalue weighted by Gasteiger charge is -2.23. The summed E-state index contributed by atoms with van der Waals surface area (Å²) in [5.41, 5.74) is 3.85. The number of aromatic nitrogens is 5. The van der Waals surface area contributed by atoms with E-state index >= 15 is 0 Å². The number of nitrogens with one attached hydrogen (secondary N) is 2. The zero-order chi connectivity index (χ0) is 21.5. The van der Waals surface area contributed by atoms with E-state index in [1.807, 2.05) is 52.5 Å². The van der Waals surface area contributed by atoms with E-state index < -0.39 is 0 Å². The van der Waals surface area contributed by atoms with Gasteiger partial charge in [-0.2, -0.15) is 5.10 Å². The van der Waals surface area contributed by atoms with Crippen LogP contribution in [0.3, 0.4) is 0 Å². The summed E-state index contributed by atoms with van der Waals surface area (Å²) in [6.07, 6.45) is 17.2. The van der Waals surface area contributed by atoms with Gasteiger partial charge < -0.3 is 25.4 Å². The van der Waals surface area contributed by atoms with Gasteiger partial charge in [-0.3, -0.25) is 0 Å². The first-order valence-corrected chi connectivity index (χ1v) is 11.1. The second-order valence-corrected chi connectivity index (χ2v) is 8.43. The van der Waals surface area contributed by atoms with Crippen LogP contribution in [-0.4, -0.2) is 60.7 Å². The average Bonchev–Trinajstić information content (AvgIpc) is 3.57. The third-order valence-electron chi connectivity index (χ3n) is 6.23. The SMILES string of the molecule is OCC1=CN2C=C(Cn3cc(C4=c5cnn(C6CCCCO6)c5=CNC4)nn3)NC2C=C1. The molecule has 4 aliphatic heterocycles. The van der Waals surface area contributed by atoms with E-state index in [9.17, 15) is 5.11 Å². The Bertz CT molecular complexity index is 1230. The Morgan fingerprint density at radius 2 is 2.22 bits per heavy atom. The standard InChI is InChI=1S/C22H26N8O2/c31-14-15-4-5-21-25-16(11-28(21)10-15)12-29-13-19(26-27-29)17-7-23-9-20-18(17)8-24-30(20)22-3-1-2-6-32-22/h4-5,8-11,13,21-23,25,31H,1-3,6-7,12,14H2. The Hall–Kier alpha value is -3.37. The molecule has 0 radical (unpaired) electrons. The van der Waals surface area contributed by atoms with E-state index in [-0.39, 0.29) is 19.0 Å². The maximum atomic E-state index is 9.35. The molecule has 0 aromatic carbocycles. The third-order valence-corrected chi connectivity index (χ3v) is 6.23. The van der Waals surface area contributed by atoms with Crippen molar-refractivity contribution in [3.63, 3.8) is 0 Å². The molecule has 0 amide bonds. The number of aliphatic hydroxyl groups excluding tert-OH is 1. The van der Waals surface area contributed by atoms with Gasteiger partial charge in [-0.1, -0.05) is 11.3 Å². The highest BCUT2D eigenvalue weighted by molar-refractivity contribution is 5.65. The lowest BCUT2D eigenvalue weighted by Crippen LogP contribution is -2.41. The number of rotatable bonds is 5. The quantitative estimate of drug-likeness (QED) is 0.564. The van der Waals surface area contributed by atoms with Crippen molar-refractivity contribution < 1.29 is 9.84 Å². The molecule has 1 fully saturated rings. The number of hydrogen-bond acceptors (Lipinski definition) is 8. The highest BCUT2D eigenvalue weighted by Gasteiger charge is 2.24. The molecule has 2 aromatic heterocycles. The summed E-state index contributed by atoms with van der Waals surface area (Å²) >= 11 is 0. The van der Waals surface area contributed by atoms with Crippen LogP contribution >= 0.6 is 0 Å². The van der Waals surface area contributed by atoms with Gasteiger partial charge >= 0.3 is 0 Å². The van der Waals surface area contributed by atoms with Crippen LogP contribution in [0.15, 0.2) is 48.2 Å². The highest BCUT2D eigenvalue weighted by Crippen LogP contribution is 2.21. The molecule has 0 bridgehead atoms. The van der Waals surface area contributed by atoms with Gasteiger partial charge in [0.05, 0.1) is 36.6 Å². The van der Waals surface area contributed by atoms with Crippen molar-refractivity contribution in [3.8, 4) is 0 Å². The van der Waals surface area contributed by atoms with Crippen LogP contribution in [0.5, 0.6) is 0 Å². The van der Waals surface area contributed by atoms with E-state index in [0.29, 0.717) is 13.1 Å². The minimum absolute atomic E-state index is 0.00561.